The molecular formula is C24H26N4O2S. The third kappa shape index (κ3) is 4.99. The van der Waals surface area contributed by atoms with Crippen LogP contribution in [0.2, 0.25) is 0 Å². The van der Waals surface area contributed by atoms with E-state index in [1.54, 1.807) is 16.4 Å². The summed E-state index contributed by atoms with van der Waals surface area (Å²) < 4.78 is 1.63. The number of nitrogens with one attached hydrogen (secondary N) is 2. The second kappa shape index (κ2) is 9.39. The van der Waals surface area contributed by atoms with Gasteiger partial charge in [0, 0.05) is 29.2 Å². The Labute approximate surface area is 186 Å². The van der Waals surface area contributed by atoms with E-state index in [9.17, 15) is 9.59 Å². The van der Waals surface area contributed by atoms with Crippen LogP contribution in [-0.4, -0.2) is 28.1 Å². The molecule has 160 valence electrons. The molecule has 0 spiro atoms. The number of benzene rings is 2. The fourth-order valence-corrected chi connectivity index (χ4v) is 4.60. The third-order valence-electron chi connectivity index (χ3n) is 5.49. The largest absolute Gasteiger partial charge is 0.354 e. The maximum absolute atomic E-state index is 12.9. The van der Waals surface area contributed by atoms with E-state index in [0.29, 0.717) is 17.9 Å². The van der Waals surface area contributed by atoms with Crippen molar-refractivity contribution in [3.63, 3.8) is 0 Å². The van der Waals surface area contributed by atoms with Gasteiger partial charge in [-0.25, -0.2) is 4.68 Å². The molecule has 0 saturated heterocycles. The molecule has 0 saturated carbocycles. The van der Waals surface area contributed by atoms with Crippen LogP contribution in [0.1, 0.15) is 38.3 Å². The van der Waals surface area contributed by atoms with Crippen molar-refractivity contribution >= 4 is 29.4 Å². The minimum atomic E-state index is -0.187. The molecule has 0 unspecified atom stereocenters. The van der Waals surface area contributed by atoms with Crippen molar-refractivity contribution in [1.29, 1.82) is 0 Å². The van der Waals surface area contributed by atoms with Crippen LogP contribution in [0.4, 0.5) is 5.82 Å². The first kappa shape index (κ1) is 21.2. The molecule has 0 radical (unpaired) electrons. The average molecular weight is 435 g/mol. The van der Waals surface area contributed by atoms with E-state index in [-0.39, 0.29) is 18.4 Å². The van der Waals surface area contributed by atoms with E-state index in [1.807, 2.05) is 62.4 Å². The molecule has 1 aliphatic rings. The van der Waals surface area contributed by atoms with Gasteiger partial charge in [0.05, 0.1) is 5.69 Å². The highest BCUT2D eigenvalue weighted by atomic mass is 32.2. The predicted octanol–water partition coefficient (Wildman–Crippen LogP) is 3.86. The van der Waals surface area contributed by atoms with Gasteiger partial charge in [-0.1, -0.05) is 36.4 Å². The highest BCUT2D eigenvalue weighted by Gasteiger charge is 2.25. The fourth-order valence-electron chi connectivity index (χ4n) is 3.57. The Kier molecular flexibility index (Phi) is 6.42. The molecule has 2 aromatic carbocycles. The molecule has 2 amide bonds. The van der Waals surface area contributed by atoms with Crippen molar-refractivity contribution in [3.8, 4) is 0 Å². The van der Waals surface area contributed by atoms with E-state index < -0.39 is 0 Å². The summed E-state index contributed by atoms with van der Waals surface area (Å²) in [6.45, 7) is 4.65. The van der Waals surface area contributed by atoms with Crippen LogP contribution in [-0.2, 0) is 29.3 Å². The number of amides is 2. The number of carbonyl (C=O) groups is 2. The molecule has 1 aliphatic heterocycles. The number of anilines is 1. The third-order valence-corrected chi connectivity index (χ3v) is 6.46. The number of aryl methyl sites for hydroxylation is 2. The normalized spacial score (nSPS) is 12.5. The van der Waals surface area contributed by atoms with Crippen LogP contribution >= 0.6 is 11.8 Å². The number of nitrogens with zero attached hydrogens (tertiary/aromatic N) is 2. The van der Waals surface area contributed by atoms with Gasteiger partial charge in [0.2, 0.25) is 5.91 Å². The molecule has 3 aromatic rings. The SMILES string of the molecule is Cc1ccc(C(=O)Nc2c3c(nn2CC(=O)NCCc2ccccc2)CSC3)cc1C. The Balaban J connectivity index is 1.44. The zero-order chi connectivity index (χ0) is 21.8. The zero-order valence-corrected chi connectivity index (χ0v) is 18.6. The predicted molar refractivity (Wildman–Crippen MR) is 124 cm³/mol. The molecular weight excluding hydrogens is 408 g/mol. The number of carbonyl (C=O) groups excluding carboxylic acids is 2. The Morgan fingerprint density at radius 2 is 1.87 bits per heavy atom. The molecule has 0 aliphatic carbocycles. The lowest BCUT2D eigenvalue weighted by atomic mass is 10.1. The topological polar surface area (TPSA) is 76.0 Å². The van der Waals surface area contributed by atoms with Gasteiger partial charge >= 0.3 is 0 Å². The minimum absolute atomic E-state index is 0.0784. The molecule has 2 heterocycles. The average Bonchev–Trinajstić information content (AvgIpc) is 3.33. The number of thioether (sulfide) groups is 1. The van der Waals surface area contributed by atoms with E-state index in [2.05, 4.69) is 15.7 Å². The van der Waals surface area contributed by atoms with Gasteiger partial charge < -0.3 is 10.6 Å². The fraction of sp³-hybridized carbons (Fsp3) is 0.292. The molecule has 31 heavy (non-hydrogen) atoms. The molecule has 2 N–H and O–H groups in total. The number of rotatable bonds is 7. The van der Waals surface area contributed by atoms with Crippen LogP contribution in [0.15, 0.2) is 48.5 Å². The summed E-state index contributed by atoms with van der Waals surface area (Å²) >= 11 is 1.76. The lowest BCUT2D eigenvalue weighted by Crippen LogP contribution is -2.30. The van der Waals surface area contributed by atoms with Crippen LogP contribution in [0.5, 0.6) is 0 Å². The lowest BCUT2D eigenvalue weighted by Gasteiger charge is -2.12. The van der Waals surface area contributed by atoms with Gasteiger partial charge in [0.15, 0.2) is 0 Å². The standard InChI is InChI=1S/C24H26N4O2S/c1-16-8-9-19(12-17(16)2)24(30)26-23-20-14-31-15-21(20)27-28(23)13-22(29)25-11-10-18-6-4-3-5-7-18/h3-9,12H,10-11,13-15H2,1-2H3,(H,25,29)(H,26,30). The number of hydrogen-bond donors (Lipinski definition) is 2. The first-order valence-electron chi connectivity index (χ1n) is 10.4. The van der Waals surface area contributed by atoms with Crippen molar-refractivity contribution in [2.24, 2.45) is 0 Å². The highest BCUT2D eigenvalue weighted by Crippen LogP contribution is 2.34. The Morgan fingerprint density at radius 1 is 1.06 bits per heavy atom. The van der Waals surface area contributed by atoms with Gasteiger partial charge in [-0.3, -0.25) is 9.59 Å². The summed E-state index contributed by atoms with van der Waals surface area (Å²) in [6.07, 6.45) is 0.773. The second-order valence-electron chi connectivity index (χ2n) is 7.76. The highest BCUT2D eigenvalue weighted by molar-refractivity contribution is 7.98. The summed E-state index contributed by atoms with van der Waals surface area (Å²) in [5, 5.41) is 10.6. The molecule has 4 rings (SSSR count). The molecule has 0 atom stereocenters. The number of fused-ring (bicyclic) bond motifs is 1. The van der Waals surface area contributed by atoms with Crippen molar-refractivity contribution < 1.29 is 9.59 Å². The smallest absolute Gasteiger partial charge is 0.256 e. The van der Waals surface area contributed by atoms with Gasteiger partial charge in [0.1, 0.15) is 12.4 Å². The minimum Gasteiger partial charge on any atom is -0.354 e. The molecule has 7 heteroatoms. The Hall–Kier alpha value is -3.06. The second-order valence-corrected chi connectivity index (χ2v) is 8.75. The molecule has 6 nitrogen and oxygen atoms in total. The summed E-state index contributed by atoms with van der Waals surface area (Å²) in [7, 11) is 0. The van der Waals surface area contributed by atoms with Crippen LogP contribution in [0.3, 0.4) is 0 Å². The van der Waals surface area contributed by atoms with Crippen molar-refractivity contribution in [2.45, 2.75) is 38.3 Å². The quantitative estimate of drug-likeness (QED) is 0.592. The van der Waals surface area contributed by atoms with Gasteiger partial charge in [-0.05, 0) is 49.1 Å². The van der Waals surface area contributed by atoms with E-state index in [0.717, 1.165) is 40.3 Å². The molecule has 0 bridgehead atoms. The van der Waals surface area contributed by atoms with E-state index >= 15 is 0 Å². The Bertz CT molecular complexity index is 1110. The van der Waals surface area contributed by atoms with Gasteiger partial charge in [-0.2, -0.15) is 16.9 Å². The maximum atomic E-state index is 12.9. The molecule has 1 aromatic heterocycles. The van der Waals surface area contributed by atoms with Gasteiger partial charge in [0.25, 0.3) is 5.91 Å². The molecule has 0 fully saturated rings. The van der Waals surface area contributed by atoms with E-state index in [1.165, 1.54) is 5.56 Å². The van der Waals surface area contributed by atoms with Crippen molar-refractivity contribution in [3.05, 3.63) is 82.0 Å². The Morgan fingerprint density at radius 3 is 2.65 bits per heavy atom. The van der Waals surface area contributed by atoms with Crippen LogP contribution in [0, 0.1) is 13.8 Å². The lowest BCUT2D eigenvalue weighted by molar-refractivity contribution is -0.121. The number of hydrogen-bond acceptors (Lipinski definition) is 4. The maximum Gasteiger partial charge on any atom is 0.256 e. The summed E-state index contributed by atoms with van der Waals surface area (Å²) in [5.74, 6) is 1.90. The summed E-state index contributed by atoms with van der Waals surface area (Å²) in [6, 6.07) is 15.7. The number of aromatic nitrogens is 2. The van der Waals surface area contributed by atoms with Crippen molar-refractivity contribution in [1.82, 2.24) is 15.1 Å². The van der Waals surface area contributed by atoms with Crippen molar-refractivity contribution in [2.75, 3.05) is 11.9 Å². The van der Waals surface area contributed by atoms with Gasteiger partial charge in [-0.15, -0.1) is 0 Å². The van der Waals surface area contributed by atoms with E-state index in [4.69, 9.17) is 0 Å². The first-order chi connectivity index (χ1) is 15.0. The van der Waals surface area contributed by atoms with Crippen LogP contribution < -0.4 is 10.6 Å². The zero-order valence-electron chi connectivity index (χ0n) is 17.8. The first-order valence-corrected chi connectivity index (χ1v) is 11.5. The van der Waals surface area contributed by atoms with Crippen LogP contribution in [0.25, 0.3) is 0 Å². The summed E-state index contributed by atoms with van der Waals surface area (Å²) in [4.78, 5) is 25.4. The monoisotopic (exact) mass is 434 g/mol. The summed E-state index contributed by atoms with van der Waals surface area (Å²) in [5.41, 5.74) is 5.95.